The molecule has 2 aromatic rings. The molecule has 2 aromatic carbocycles. The number of hydrogen-bond donors (Lipinski definition) is 1. The molecule has 3 nitrogen and oxygen atoms in total. The topological polar surface area (TPSA) is 45.0 Å². The smallest absolute Gasteiger partial charge is 0.115 e. The number of fused-ring (bicyclic) bond motifs is 5. The Morgan fingerprint density at radius 1 is 1.04 bits per heavy atom. The first-order valence-corrected chi connectivity index (χ1v) is 10.6. The summed E-state index contributed by atoms with van der Waals surface area (Å²) in [6, 6.07) is 16.2. The predicted octanol–water partition coefficient (Wildman–Crippen LogP) is 5.72. The van der Waals surface area contributed by atoms with Crippen molar-refractivity contribution in [2.24, 2.45) is 27.5 Å². The second-order valence-corrected chi connectivity index (χ2v) is 9.00. The highest BCUT2D eigenvalue weighted by molar-refractivity contribution is 5.93. The number of phenols is 1. The average molecular weight is 373 g/mol. The summed E-state index contributed by atoms with van der Waals surface area (Å²) in [7, 11) is 0. The van der Waals surface area contributed by atoms with Gasteiger partial charge in [-0.05, 0) is 85.1 Å². The number of nitrogens with zero attached hydrogens (tertiary/aromatic N) is 2. The predicted molar refractivity (Wildman–Crippen MR) is 114 cm³/mol. The number of hydrogen-bond acceptors (Lipinski definition) is 3. The molecule has 4 atom stereocenters. The van der Waals surface area contributed by atoms with Crippen molar-refractivity contribution in [1.82, 2.24) is 0 Å². The van der Waals surface area contributed by atoms with Crippen molar-refractivity contribution in [3.8, 4) is 5.75 Å². The summed E-state index contributed by atoms with van der Waals surface area (Å²) in [4.78, 5) is 0. The molecule has 0 radical (unpaired) electrons. The lowest BCUT2D eigenvalue weighted by Crippen LogP contribution is -2.42. The Kier molecular flexibility index (Phi) is 4.34. The Balaban J connectivity index is 1.39. The van der Waals surface area contributed by atoms with Crippen molar-refractivity contribution < 1.29 is 5.11 Å². The molecule has 0 heterocycles. The second-order valence-electron chi connectivity index (χ2n) is 9.00. The van der Waals surface area contributed by atoms with E-state index < -0.39 is 0 Å². The Bertz CT molecular complexity index is 933. The van der Waals surface area contributed by atoms with Gasteiger partial charge in [0.05, 0.1) is 6.21 Å². The van der Waals surface area contributed by atoms with Gasteiger partial charge in [-0.15, -0.1) is 0 Å². The fourth-order valence-corrected chi connectivity index (χ4v) is 6.23. The zero-order valence-electron chi connectivity index (χ0n) is 16.5. The largest absolute Gasteiger partial charge is 0.508 e. The number of aryl methyl sites for hydroxylation is 1. The fourth-order valence-electron chi connectivity index (χ4n) is 6.23. The molecule has 0 bridgehead atoms. The molecular formula is C25H28N2O. The molecule has 144 valence electrons. The highest BCUT2D eigenvalue weighted by Gasteiger charge is 2.53. The van der Waals surface area contributed by atoms with Gasteiger partial charge in [-0.2, -0.15) is 10.2 Å². The summed E-state index contributed by atoms with van der Waals surface area (Å²) in [5.74, 6) is 2.50. The zero-order valence-corrected chi connectivity index (χ0v) is 16.5. The average Bonchev–Trinajstić information content (AvgIpc) is 3.05. The molecule has 3 aliphatic rings. The molecule has 0 amide bonds. The van der Waals surface area contributed by atoms with Crippen LogP contribution >= 0.6 is 0 Å². The van der Waals surface area contributed by atoms with Crippen molar-refractivity contribution >= 4 is 11.9 Å². The highest BCUT2D eigenvalue weighted by atomic mass is 16.3. The van der Waals surface area contributed by atoms with E-state index in [2.05, 4.69) is 30.2 Å². The van der Waals surface area contributed by atoms with Crippen LogP contribution in [0.5, 0.6) is 5.75 Å². The SMILES string of the molecule is C[C@]12CC[C@@H]3c4ccc(O)cc4CC[C@@H]3[C@H]1CC/C2=N/N=C\c1ccccc1. The minimum atomic E-state index is 0.198. The Morgan fingerprint density at radius 3 is 2.75 bits per heavy atom. The van der Waals surface area contributed by atoms with E-state index in [9.17, 15) is 5.11 Å². The van der Waals surface area contributed by atoms with Crippen LogP contribution in [0.1, 0.15) is 61.6 Å². The monoisotopic (exact) mass is 372 g/mol. The zero-order chi connectivity index (χ0) is 19.1. The summed E-state index contributed by atoms with van der Waals surface area (Å²) in [6.45, 7) is 2.43. The van der Waals surface area contributed by atoms with Gasteiger partial charge in [-0.1, -0.05) is 43.3 Å². The van der Waals surface area contributed by atoms with Gasteiger partial charge >= 0.3 is 0 Å². The van der Waals surface area contributed by atoms with E-state index in [0.717, 1.165) is 24.3 Å². The van der Waals surface area contributed by atoms with E-state index in [1.807, 2.05) is 36.5 Å². The quantitative estimate of drug-likeness (QED) is 0.531. The minimum absolute atomic E-state index is 0.198. The third kappa shape index (κ3) is 2.88. The van der Waals surface area contributed by atoms with Gasteiger partial charge in [0.15, 0.2) is 0 Å². The Hall–Kier alpha value is -2.42. The van der Waals surface area contributed by atoms with Crippen LogP contribution in [0.15, 0.2) is 58.7 Å². The second kappa shape index (κ2) is 6.88. The van der Waals surface area contributed by atoms with Crippen LogP contribution in [0.4, 0.5) is 0 Å². The maximum Gasteiger partial charge on any atom is 0.115 e. The van der Waals surface area contributed by atoms with Crippen LogP contribution in [-0.2, 0) is 6.42 Å². The van der Waals surface area contributed by atoms with Crippen molar-refractivity contribution in [3.05, 3.63) is 65.2 Å². The first kappa shape index (κ1) is 17.7. The molecule has 1 N–H and O–H groups in total. The molecular weight excluding hydrogens is 344 g/mol. The summed E-state index contributed by atoms with van der Waals surface area (Å²) in [5, 5.41) is 19.0. The van der Waals surface area contributed by atoms with Crippen LogP contribution in [0.2, 0.25) is 0 Å². The van der Waals surface area contributed by atoms with Crippen LogP contribution in [0, 0.1) is 17.3 Å². The maximum atomic E-state index is 9.85. The van der Waals surface area contributed by atoms with Crippen LogP contribution in [0.25, 0.3) is 0 Å². The van der Waals surface area contributed by atoms with Crippen molar-refractivity contribution in [1.29, 1.82) is 0 Å². The van der Waals surface area contributed by atoms with Gasteiger partial charge in [0.25, 0.3) is 0 Å². The molecule has 0 unspecified atom stereocenters. The van der Waals surface area contributed by atoms with Crippen LogP contribution < -0.4 is 0 Å². The number of rotatable bonds is 2. The summed E-state index contributed by atoms with van der Waals surface area (Å²) in [5.41, 5.74) is 5.46. The lowest BCUT2D eigenvalue weighted by atomic mass is 9.55. The van der Waals surface area contributed by atoms with Crippen molar-refractivity contribution in [2.45, 2.75) is 51.4 Å². The first-order chi connectivity index (χ1) is 13.6. The van der Waals surface area contributed by atoms with E-state index in [1.165, 1.54) is 42.5 Å². The van der Waals surface area contributed by atoms with Gasteiger partial charge in [-0.25, -0.2) is 0 Å². The summed E-state index contributed by atoms with van der Waals surface area (Å²) >= 11 is 0. The standard InChI is InChI=1S/C25H28N2O/c1-25-14-13-21-20-10-8-19(28)15-18(20)7-9-22(21)23(25)11-12-24(25)27-26-16-17-5-3-2-4-6-17/h2-6,8,10,15-16,21-23,28H,7,9,11-14H2,1H3/b26-16-,27-24-/t21-,22+,23-,25+/m1/s1. The Morgan fingerprint density at radius 2 is 1.89 bits per heavy atom. The molecule has 3 aliphatic carbocycles. The van der Waals surface area contributed by atoms with E-state index in [1.54, 1.807) is 0 Å². The normalized spacial score (nSPS) is 32.9. The van der Waals surface area contributed by atoms with Crippen molar-refractivity contribution in [3.63, 3.8) is 0 Å². The molecule has 0 saturated heterocycles. The summed E-state index contributed by atoms with van der Waals surface area (Å²) in [6.07, 6.45) is 8.94. The molecule has 28 heavy (non-hydrogen) atoms. The highest BCUT2D eigenvalue weighted by Crippen LogP contribution is 2.60. The number of phenolic OH excluding ortho intramolecular Hbond substituents is 1. The van der Waals surface area contributed by atoms with Crippen LogP contribution in [-0.4, -0.2) is 17.0 Å². The molecule has 2 fully saturated rings. The lowest BCUT2D eigenvalue weighted by Gasteiger charge is -2.49. The van der Waals surface area contributed by atoms with E-state index >= 15 is 0 Å². The number of benzene rings is 2. The van der Waals surface area contributed by atoms with Gasteiger partial charge in [0.2, 0.25) is 0 Å². The lowest BCUT2D eigenvalue weighted by molar-refractivity contribution is 0.0955. The molecule has 3 heteroatoms. The molecule has 0 aliphatic heterocycles. The van der Waals surface area contributed by atoms with Gasteiger partial charge in [-0.3, -0.25) is 0 Å². The maximum absolute atomic E-state index is 9.85. The van der Waals surface area contributed by atoms with E-state index in [4.69, 9.17) is 5.10 Å². The van der Waals surface area contributed by atoms with E-state index in [0.29, 0.717) is 17.6 Å². The summed E-state index contributed by atoms with van der Waals surface area (Å²) < 4.78 is 0. The molecule has 2 saturated carbocycles. The van der Waals surface area contributed by atoms with E-state index in [-0.39, 0.29) is 5.41 Å². The van der Waals surface area contributed by atoms with Gasteiger partial charge in [0, 0.05) is 11.1 Å². The molecule has 0 aromatic heterocycles. The molecule has 5 rings (SSSR count). The third-order valence-electron chi connectivity index (χ3n) is 7.64. The Labute approximate surface area is 167 Å². The van der Waals surface area contributed by atoms with Gasteiger partial charge in [0.1, 0.15) is 5.75 Å². The third-order valence-corrected chi connectivity index (χ3v) is 7.64. The number of aromatic hydroxyl groups is 1. The van der Waals surface area contributed by atoms with Crippen LogP contribution in [0.3, 0.4) is 0 Å². The minimum Gasteiger partial charge on any atom is -0.508 e. The van der Waals surface area contributed by atoms with Crippen molar-refractivity contribution in [2.75, 3.05) is 0 Å². The fraction of sp³-hybridized carbons (Fsp3) is 0.440. The molecule has 0 spiro atoms. The first-order valence-electron chi connectivity index (χ1n) is 10.6. The van der Waals surface area contributed by atoms with Gasteiger partial charge < -0.3 is 5.11 Å².